The molecule has 0 N–H and O–H groups in total. The quantitative estimate of drug-likeness (QED) is 0.811. The summed E-state index contributed by atoms with van der Waals surface area (Å²) in [6, 6.07) is 2.55. The maximum atomic E-state index is 11.3. The van der Waals surface area contributed by atoms with E-state index in [-0.39, 0.29) is 5.78 Å². The minimum absolute atomic E-state index is 0.160. The van der Waals surface area contributed by atoms with Gasteiger partial charge in [-0.25, -0.2) is 0 Å². The minimum Gasteiger partial charge on any atom is -0.317 e. The number of carbonyl (C=O) groups is 1. The molecule has 6 heteroatoms. The highest BCUT2D eigenvalue weighted by atomic mass is 32.1. The fourth-order valence-corrected chi connectivity index (χ4v) is 3.48. The van der Waals surface area contributed by atoms with E-state index in [0.29, 0.717) is 6.04 Å². The number of likely N-dealkylation sites (tertiary alicyclic amines) is 1. The van der Waals surface area contributed by atoms with E-state index in [1.165, 1.54) is 5.56 Å². The number of aromatic nitrogens is 3. The summed E-state index contributed by atoms with van der Waals surface area (Å²) in [6.45, 7) is 4.72. The Balaban J connectivity index is 1.54. The molecule has 0 bridgehead atoms. The van der Waals surface area contributed by atoms with Crippen LogP contribution in [0.4, 0.5) is 0 Å². The van der Waals surface area contributed by atoms with E-state index in [2.05, 4.69) is 25.0 Å². The first-order valence-corrected chi connectivity index (χ1v) is 7.75. The van der Waals surface area contributed by atoms with Gasteiger partial charge in [0.25, 0.3) is 0 Å². The maximum absolute atomic E-state index is 11.3. The van der Waals surface area contributed by atoms with Gasteiger partial charge >= 0.3 is 0 Å². The van der Waals surface area contributed by atoms with Crippen molar-refractivity contribution in [1.29, 1.82) is 0 Å². The number of Topliss-reactive ketones (excluding diaryl/α,β-unsaturated/α-hetero) is 1. The first kappa shape index (κ1) is 13.5. The first-order chi connectivity index (χ1) is 9.72. The fourth-order valence-electron chi connectivity index (χ4n) is 2.67. The van der Waals surface area contributed by atoms with Gasteiger partial charge in [-0.2, -0.15) is 0 Å². The van der Waals surface area contributed by atoms with Gasteiger partial charge in [-0.15, -0.1) is 21.5 Å². The Hall–Kier alpha value is -1.53. The molecule has 0 atom stereocenters. The van der Waals surface area contributed by atoms with Crippen LogP contribution in [-0.2, 0) is 6.54 Å². The summed E-state index contributed by atoms with van der Waals surface area (Å²) in [7, 11) is 0. The number of rotatable bonds is 4. The molecule has 1 fully saturated rings. The third-order valence-corrected chi connectivity index (χ3v) is 4.90. The van der Waals surface area contributed by atoms with Gasteiger partial charge in [0.1, 0.15) is 12.7 Å². The molecule has 5 nitrogen and oxygen atoms in total. The van der Waals surface area contributed by atoms with Crippen LogP contribution in [0.25, 0.3) is 0 Å². The summed E-state index contributed by atoms with van der Waals surface area (Å²) in [5.74, 6) is 0.160. The topological polar surface area (TPSA) is 51.0 Å². The van der Waals surface area contributed by atoms with Crippen LogP contribution in [0.3, 0.4) is 0 Å². The lowest BCUT2D eigenvalue weighted by molar-refractivity contribution is 0.102. The van der Waals surface area contributed by atoms with Crippen LogP contribution in [0.2, 0.25) is 0 Å². The Kier molecular flexibility index (Phi) is 3.93. The largest absolute Gasteiger partial charge is 0.317 e. The second-order valence-electron chi connectivity index (χ2n) is 5.29. The zero-order chi connectivity index (χ0) is 13.9. The van der Waals surface area contributed by atoms with Crippen molar-refractivity contribution in [2.24, 2.45) is 0 Å². The van der Waals surface area contributed by atoms with Gasteiger partial charge < -0.3 is 4.57 Å². The number of hydrogen-bond acceptors (Lipinski definition) is 5. The summed E-state index contributed by atoms with van der Waals surface area (Å²) in [6.07, 6.45) is 5.86. The Labute approximate surface area is 122 Å². The summed E-state index contributed by atoms with van der Waals surface area (Å²) in [5.41, 5.74) is 1.25. The molecule has 0 amide bonds. The van der Waals surface area contributed by atoms with E-state index in [0.717, 1.165) is 37.4 Å². The molecule has 1 aliphatic heterocycles. The van der Waals surface area contributed by atoms with Gasteiger partial charge in [0.2, 0.25) is 0 Å². The number of carbonyl (C=O) groups excluding carboxylic acids is 1. The van der Waals surface area contributed by atoms with E-state index >= 15 is 0 Å². The molecule has 3 heterocycles. The Morgan fingerprint density at radius 3 is 2.65 bits per heavy atom. The lowest BCUT2D eigenvalue weighted by atomic mass is 10.0. The molecule has 1 aliphatic rings. The lowest BCUT2D eigenvalue weighted by Crippen LogP contribution is -2.33. The van der Waals surface area contributed by atoms with Crippen molar-refractivity contribution in [3.8, 4) is 0 Å². The average Bonchev–Trinajstić information content (AvgIpc) is 3.10. The molecule has 1 saturated heterocycles. The molecule has 0 aliphatic carbocycles. The van der Waals surface area contributed by atoms with Crippen molar-refractivity contribution in [3.05, 3.63) is 34.5 Å². The predicted octanol–water partition coefficient (Wildman–Crippen LogP) is 2.38. The van der Waals surface area contributed by atoms with Crippen molar-refractivity contribution in [3.63, 3.8) is 0 Å². The van der Waals surface area contributed by atoms with E-state index in [4.69, 9.17) is 0 Å². The molecule has 2 aromatic rings. The highest BCUT2D eigenvalue weighted by Gasteiger charge is 2.20. The van der Waals surface area contributed by atoms with Crippen molar-refractivity contribution in [2.45, 2.75) is 32.4 Å². The zero-order valence-electron chi connectivity index (χ0n) is 11.5. The van der Waals surface area contributed by atoms with E-state index in [1.807, 2.05) is 6.07 Å². The molecular formula is C14H18N4OS. The van der Waals surface area contributed by atoms with Crippen LogP contribution in [0.1, 0.15) is 41.0 Å². The maximum Gasteiger partial charge on any atom is 0.169 e. The molecule has 0 spiro atoms. The third kappa shape index (κ3) is 2.96. The second kappa shape index (κ2) is 5.85. The Morgan fingerprint density at radius 1 is 1.35 bits per heavy atom. The van der Waals surface area contributed by atoms with E-state index < -0.39 is 0 Å². The molecule has 20 heavy (non-hydrogen) atoms. The average molecular weight is 290 g/mol. The number of thiophene rings is 1. The highest BCUT2D eigenvalue weighted by Crippen LogP contribution is 2.24. The van der Waals surface area contributed by atoms with Crippen molar-refractivity contribution >= 4 is 17.1 Å². The van der Waals surface area contributed by atoms with Crippen LogP contribution in [0.15, 0.2) is 24.1 Å². The predicted molar refractivity (Wildman–Crippen MR) is 77.9 cm³/mol. The van der Waals surface area contributed by atoms with Crippen molar-refractivity contribution in [1.82, 2.24) is 19.7 Å². The molecule has 0 radical (unpaired) electrons. The number of ketones is 1. The van der Waals surface area contributed by atoms with Gasteiger partial charge in [-0.05, 0) is 36.8 Å². The van der Waals surface area contributed by atoms with Gasteiger partial charge in [-0.3, -0.25) is 9.69 Å². The Bertz CT molecular complexity index is 570. The molecule has 3 rings (SSSR count). The van der Waals surface area contributed by atoms with Crippen molar-refractivity contribution in [2.75, 3.05) is 13.1 Å². The molecule has 0 unspecified atom stereocenters. The normalized spacial score (nSPS) is 17.4. The summed E-state index contributed by atoms with van der Waals surface area (Å²) in [4.78, 5) is 14.6. The van der Waals surface area contributed by atoms with Crippen LogP contribution >= 0.6 is 11.3 Å². The summed E-state index contributed by atoms with van der Waals surface area (Å²) >= 11 is 1.55. The first-order valence-electron chi connectivity index (χ1n) is 6.87. The Morgan fingerprint density at radius 2 is 2.05 bits per heavy atom. The van der Waals surface area contributed by atoms with Crippen LogP contribution in [0, 0.1) is 0 Å². The second-order valence-corrected chi connectivity index (χ2v) is 6.20. The summed E-state index contributed by atoms with van der Waals surface area (Å²) in [5, 5.41) is 9.84. The molecule has 2 aromatic heterocycles. The zero-order valence-corrected chi connectivity index (χ0v) is 12.3. The van der Waals surface area contributed by atoms with Gasteiger partial charge in [0.15, 0.2) is 5.78 Å². The SMILES string of the molecule is CC(=O)c1cc(CN2CCC(n3cnnc3)CC2)cs1. The third-order valence-electron chi connectivity index (χ3n) is 3.82. The fraction of sp³-hybridized carbons (Fsp3) is 0.500. The monoisotopic (exact) mass is 290 g/mol. The standard InChI is InChI=1S/C14H18N4OS/c1-11(19)14-6-12(8-20-14)7-17-4-2-13(3-5-17)18-9-15-16-10-18/h6,8-10,13H,2-5,7H2,1H3. The number of hydrogen-bond donors (Lipinski definition) is 0. The van der Waals surface area contributed by atoms with Crippen LogP contribution in [-0.4, -0.2) is 38.5 Å². The van der Waals surface area contributed by atoms with Crippen LogP contribution in [0.5, 0.6) is 0 Å². The van der Waals surface area contributed by atoms with Crippen LogP contribution < -0.4 is 0 Å². The molecule has 0 saturated carbocycles. The van der Waals surface area contributed by atoms with E-state index in [9.17, 15) is 4.79 Å². The highest BCUT2D eigenvalue weighted by molar-refractivity contribution is 7.12. The summed E-state index contributed by atoms with van der Waals surface area (Å²) < 4.78 is 2.11. The van der Waals surface area contributed by atoms with Gasteiger partial charge in [0.05, 0.1) is 4.88 Å². The van der Waals surface area contributed by atoms with Gasteiger partial charge in [0, 0.05) is 25.7 Å². The van der Waals surface area contributed by atoms with Gasteiger partial charge in [-0.1, -0.05) is 0 Å². The smallest absolute Gasteiger partial charge is 0.169 e. The number of piperidine rings is 1. The minimum atomic E-state index is 0.160. The number of nitrogens with zero attached hydrogens (tertiary/aromatic N) is 4. The van der Waals surface area contributed by atoms with E-state index in [1.54, 1.807) is 30.9 Å². The molecular weight excluding hydrogens is 272 g/mol. The lowest BCUT2D eigenvalue weighted by Gasteiger charge is -2.32. The molecule has 0 aromatic carbocycles. The molecule has 106 valence electrons. The van der Waals surface area contributed by atoms with Crippen molar-refractivity contribution < 1.29 is 4.79 Å².